The summed E-state index contributed by atoms with van der Waals surface area (Å²) in [7, 11) is -2.12. The number of sulfonamides is 1. The normalized spacial score (nSPS) is 11.2. The van der Waals surface area contributed by atoms with Crippen LogP contribution >= 0.6 is 0 Å². The van der Waals surface area contributed by atoms with E-state index in [4.69, 9.17) is 4.74 Å². The van der Waals surface area contributed by atoms with Crippen molar-refractivity contribution in [3.63, 3.8) is 0 Å². The fourth-order valence-corrected chi connectivity index (χ4v) is 4.06. The number of hydrogen-bond acceptors (Lipinski definition) is 4. The zero-order valence-corrected chi connectivity index (χ0v) is 16.8. The van der Waals surface area contributed by atoms with E-state index in [2.05, 4.69) is 16.6 Å². The zero-order chi connectivity index (χ0) is 20.9. The number of methoxy groups -OCH3 is 1. The van der Waals surface area contributed by atoms with Gasteiger partial charge in [-0.25, -0.2) is 13.1 Å². The number of amides is 1. The third-order valence-corrected chi connectivity index (χ3v) is 5.89. The lowest BCUT2D eigenvalue weighted by Crippen LogP contribution is -2.25. The SMILES string of the molecule is C=CCNS(=O)(=O)c1cccc(C(=O)NCc2c(OC)ccc3ccccc23)c1. The van der Waals surface area contributed by atoms with Gasteiger partial charge in [-0.2, -0.15) is 0 Å². The van der Waals surface area contributed by atoms with Gasteiger partial charge < -0.3 is 10.1 Å². The van der Waals surface area contributed by atoms with Crippen molar-refractivity contribution in [3.05, 3.63) is 84.4 Å². The minimum atomic E-state index is -3.71. The van der Waals surface area contributed by atoms with Crippen LogP contribution in [0.1, 0.15) is 15.9 Å². The highest BCUT2D eigenvalue weighted by Gasteiger charge is 2.16. The molecule has 3 aromatic rings. The Bertz CT molecular complexity index is 1160. The Labute approximate surface area is 170 Å². The third-order valence-electron chi connectivity index (χ3n) is 4.47. The molecule has 1 amide bonds. The Morgan fingerprint density at radius 1 is 1.10 bits per heavy atom. The van der Waals surface area contributed by atoms with Crippen LogP contribution in [-0.4, -0.2) is 28.0 Å². The second-order valence-corrected chi connectivity index (χ2v) is 8.09. The molecule has 0 aliphatic carbocycles. The summed E-state index contributed by atoms with van der Waals surface area (Å²) in [4.78, 5) is 12.7. The second-order valence-electron chi connectivity index (χ2n) is 6.32. The second kappa shape index (κ2) is 8.89. The quantitative estimate of drug-likeness (QED) is 0.559. The molecule has 7 heteroatoms. The summed E-state index contributed by atoms with van der Waals surface area (Å²) in [6, 6.07) is 17.6. The van der Waals surface area contributed by atoms with E-state index in [1.165, 1.54) is 24.3 Å². The molecule has 29 heavy (non-hydrogen) atoms. The minimum absolute atomic E-state index is 0.0229. The van der Waals surface area contributed by atoms with Crippen LogP contribution in [0.25, 0.3) is 10.8 Å². The van der Waals surface area contributed by atoms with Gasteiger partial charge in [0.15, 0.2) is 0 Å². The van der Waals surface area contributed by atoms with Crippen molar-refractivity contribution in [3.8, 4) is 5.75 Å². The summed E-state index contributed by atoms with van der Waals surface area (Å²) in [6.07, 6.45) is 1.45. The van der Waals surface area contributed by atoms with Crippen molar-refractivity contribution in [2.24, 2.45) is 0 Å². The van der Waals surface area contributed by atoms with Crippen molar-refractivity contribution in [1.29, 1.82) is 0 Å². The van der Waals surface area contributed by atoms with E-state index in [0.29, 0.717) is 5.75 Å². The maximum absolute atomic E-state index is 12.7. The predicted octanol–water partition coefficient (Wildman–Crippen LogP) is 3.24. The van der Waals surface area contributed by atoms with E-state index in [0.717, 1.165) is 16.3 Å². The van der Waals surface area contributed by atoms with Crippen LogP contribution in [0.15, 0.2) is 78.2 Å². The number of carbonyl (C=O) groups excluding carboxylic acids is 1. The lowest BCUT2D eigenvalue weighted by molar-refractivity contribution is 0.0950. The smallest absolute Gasteiger partial charge is 0.251 e. The molecule has 0 heterocycles. The van der Waals surface area contributed by atoms with E-state index in [-0.39, 0.29) is 29.5 Å². The number of benzene rings is 3. The Balaban J connectivity index is 1.83. The van der Waals surface area contributed by atoms with Gasteiger partial charge in [0.1, 0.15) is 5.75 Å². The van der Waals surface area contributed by atoms with Crippen LogP contribution in [0, 0.1) is 0 Å². The van der Waals surface area contributed by atoms with E-state index >= 15 is 0 Å². The average Bonchev–Trinajstić information content (AvgIpc) is 2.75. The summed E-state index contributed by atoms with van der Waals surface area (Å²) >= 11 is 0. The van der Waals surface area contributed by atoms with E-state index < -0.39 is 10.0 Å². The molecule has 0 atom stereocenters. The van der Waals surface area contributed by atoms with Gasteiger partial charge in [-0.3, -0.25) is 4.79 Å². The first-order valence-corrected chi connectivity index (χ1v) is 10.5. The number of nitrogens with one attached hydrogen (secondary N) is 2. The minimum Gasteiger partial charge on any atom is -0.496 e. The first kappa shape index (κ1) is 20.6. The van der Waals surface area contributed by atoms with Crippen molar-refractivity contribution in [2.75, 3.05) is 13.7 Å². The lowest BCUT2D eigenvalue weighted by Gasteiger charge is -2.13. The van der Waals surface area contributed by atoms with E-state index in [1.54, 1.807) is 13.2 Å². The number of fused-ring (bicyclic) bond motifs is 1. The van der Waals surface area contributed by atoms with Crippen LogP contribution in [-0.2, 0) is 16.6 Å². The van der Waals surface area contributed by atoms with Gasteiger partial charge in [0, 0.05) is 24.2 Å². The average molecular weight is 410 g/mol. The molecule has 0 aromatic heterocycles. The summed E-state index contributed by atoms with van der Waals surface area (Å²) in [6.45, 7) is 3.85. The predicted molar refractivity (Wildman–Crippen MR) is 113 cm³/mol. The van der Waals surface area contributed by atoms with Crippen molar-refractivity contribution in [2.45, 2.75) is 11.4 Å². The van der Waals surface area contributed by atoms with Crippen molar-refractivity contribution in [1.82, 2.24) is 10.0 Å². The molecule has 0 saturated carbocycles. The molecule has 0 spiro atoms. The van der Waals surface area contributed by atoms with Crippen molar-refractivity contribution >= 4 is 26.7 Å². The summed E-state index contributed by atoms with van der Waals surface area (Å²) < 4.78 is 32.4. The van der Waals surface area contributed by atoms with Crippen LogP contribution in [0.3, 0.4) is 0 Å². The first-order valence-electron chi connectivity index (χ1n) is 8.99. The molecule has 3 aromatic carbocycles. The number of hydrogen-bond donors (Lipinski definition) is 2. The highest BCUT2D eigenvalue weighted by atomic mass is 32.2. The summed E-state index contributed by atoms with van der Waals surface area (Å²) in [5.41, 5.74) is 1.11. The Kier molecular flexibility index (Phi) is 6.31. The molecule has 0 fully saturated rings. The molecule has 2 N–H and O–H groups in total. The first-order chi connectivity index (χ1) is 14.0. The monoisotopic (exact) mass is 410 g/mol. The van der Waals surface area contributed by atoms with Gasteiger partial charge in [0.05, 0.1) is 12.0 Å². The standard InChI is InChI=1S/C22H22N2O4S/c1-3-13-24-29(26,27)18-9-6-8-17(14-18)22(25)23-15-20-19-10-5-4-7-16(19)11-12-21(20)28-2/h3-12,14,24H,1,13,15H2,2H3,(H,23,25). The fraction of sp³-hybridized carbons (Fsp3) is 0.136. The van der Waals surface area contributed by atoms with E-state index in [9.17, 15) is 13.2 Å². The van der Waals surface area contributed by atoms with Crippen molar-refractivity contribution < 1.29 is 17.9 Å². The van der Waals surface area contributed by atoms with Gasteiger partial charge >= 0.3 is 0 Å². The topological polar surface area (TPSA) is 84.5 Å². The fourth-order valence-electron chi connectivity index (χ4n) is 3.02. The Morgan fingerprint density at radius 2 is 1.90 bits per heavy atom. The Morgan fingerprint density at radius 3 is 2.66 bits per heavy atom. The lowest BCUT2D eigenvalue weighted by atomic mass is 10.0. The maximum Gasteiger partial charge on any atom is 0.251 e. The van der Waals surface area contributed by atoms with Gasteiger partial charge in [0.25, 0.3) is 5.91 Å². The Hall–Kier alpha value is -3.16. The molecule has 0 saturated heterocycles. The summed E-state index contributed by atoms with van der Waals surface area (Å²) in [5.74, 6) is 0.301. The summed E-state index contributed by atoms with van der Waals surface area (Å²) in [5, 5.41) is 4.88. The van der Waals surface area contributed by atoms with Crippen LogP contribution in [0.2, 0.25) is 0 Å². The molecule has 0 bridgehead atoms. The van der Waals surface area contributed by atoms with Gasteiger partial charge in [-0.05, 0) is 35.0 Å². The van der Waals surface area contributed by atoms with Crippen LogP contribution in [0.5, 0.6) is 5.75 Å². The number of carbonyl (C=O) groups is 1. The highest BCUT2D eigenvalue weighted by molar-refractivity contribution is 7.89. The largest absolute Gasteiger partial charge is 0.496 e. The van der Waals surface area contributed by atoms with Gasteiger partial charge in [-0.1, -0.05) is 42.5 Å². The highest BCUT2D eigenvalue weighted by Crippen LogP contribution is 2.27. The number of rotatable bonds is 8. The van der Waals surface area contributed by atoms with Gasteiger partial charge in [0.2, 0.25) is 10.0 Å². The molecular formula is C22H22N2O4S. The maximum atomic E-state index is 12.7. The molecule has 3 rings (SSSR count). The molecular weight excluding hydrogens is 388 g/mol. The van der Waals surface area contributed by atoms with Gasteiger partial charge in [-0.15, -0.1) is 6.58 Å². The zero-order valence-electron chi connectivity index (χ0n) is 16.0. The van der Waals surface area contributed by atoms with E-state index in [1.807, 2.05) is 36.4 Å². The molecule has 0 aliphatic rings. The molecule has 6 nitrogen and oxygen atoms in total. The third kappa shape index (κ3) is 4.64. The number of ether oxygens (including phenoxy) is 1. The van der Waals surface area contributed by atoms with Crippen LogP contribution < -0.4 is 14.8 Å². The molecule has 0 unspecified atom stereocenters. The molecule has 150 valence electrons. The molecule has 0 aliphatic heterocycles. The van der Waals surface area contributed by atoms with Crippen LogP contribution in [0.4, 0.5) is 0 Å². The molecule has 0 radical (unpaired) electrons.